The lowest BCUT2D eigenvalue weighted by molar-refractivity contribution is 0.296. The highest BCUT2D eigenvalue weighted by Crippen LogP contribution is 2.03. The third-order valence-corrected chi connectivity index (χ3v) is 2.56. The van der Waals surface area contributed by atoms with Gasteiger partial charge in [-0.3, -0.25) is 0 Å². The minimum Gasteiger partial charge on any atom is -0.478 e. The molecular formula is C15H19ClN2O. The molecule has 1 aromatic carbocycles. The number of hydrogen-bond donors (Lipinski definition) is 1. The first-order chi connectivity index (χ1) is 8.95. The van der Waals surface area contributed by atoms with Gasteiger partial charge in [0.05, 0.1) is 6.61 Å². The second-order valence-electron chi connectivity index (χ2n) is 4.03. The van der Waals surface area contributed by atoms with Gasteiger partial charge >= 0.3 is 0 Å². The lowest BCUT2D eigenvalue weighted by Gasteiger charge is -2.06. The Bertz CT molecular complexity index is 393. The van der Waals surface area contributed by atoms with Gasteiger partial charge in [0.25, 0.3) is 0 Å². The summed E-state index contributed by atoms with van der Waals surface area (Å²) in [5.41, 5.74) is 1.31. The van der Waals surface area contributed by atoms with Gasteiger partial charge in [-0.25, -0.2) is 4.98 Å². The predicted octanol–water partition coefficient (Wildman–Crippen LogP) is 3.06. The first-order valence-electron chi connectivity index (χ1n) is 6.23. The number of benzene rings is 1. The minimum atomic E-state index is 0. The molecule has 0 atom stereocenters. The van der Waals surface area contributed by atoms with Crippen molar-refractivity contribution in [1.82, 2.24) is 10.3 Å². The topological polar surface area (TPSA) is 34.1 Å². The van der Waals surface area contributed by atoms with Crippen LogP contribution in [0.4, 0.5) is 0 Å². The molecule has 0 aliphatic rings. The van der Waals surface area contributed by atoms with Crippen LogP contribution in [0.1, 0.15) is 12.0 Å². The fourth-order valence-corrected chi connectivity index (χ4v) is 1.63. The molecule has 0 saturated heterocycles. The van der Waals surface area contributed by atoms with E-state index in [0.29, 0.717) is 12.5 Å². The SMILES string of the molecule is Cl.c1ccc(CNCCCOc2ccccn2)cc1. The Morgan fingerprint density at radius 3 is 2.53 bits per heavy atom. The van der Waals surface area contributed by atoms with Crippen LogP contribution in [0.25, 0.3) is 0 Å². The van der Waals surface area contributed by atoms with Crippen molar-refractivity contribution >= 4 is 12.4 Å². The van der Waals surface area contributed by atoms with Crippen LogP contribution in [0.3, 0.4) is 0 Å². The first-order valence-corrected chi connectivity index (χ1v) is 6.23. The summed E-state index contributed by atoms with van der Waals surface area (Å²) in [6, 6.07) is 16.1. The van der Waals surface area contributed by atoms with Crippen LogP contribution in [-0.4, -0.2) is 18.1 Å². The molecule has 0 spiro atoms. The fourth-order valence-electron chi connectivity index (χ4n) is 1.63. The van der Waals surface area contributed by atoms with E-state index in [9.17, 15) is 0 Å². The Balaban J connectivity index is 0.00000180. The Labute approximate surface area is 120 Å². The lowest BCUT2D eigenvalue weighted by Crippen LogP contribution is -2.17. The van der Waals surface area contributed by atoms with E-state index in [-0.39, 0.29) is 12.4 Å². The highest BCUT2D eigenvalue weighted by atomic mass is 35.5. The maximum absolute atomic E-state index is 5.51. The van der Waals surface area contributed by atoms with Crippen molar-refractivity contribution in [3.05, 3.63) is 60.3 Å². The van der Waals surface area contributed by atoms with E-state index in [0.717, 1.165) is 19.5 Å². The number of ether oxygens (including phenoxy) is 1. The van der Waals surface area contributed by atoms with Crippen molar-refractivity contribution in [3.63, 3.8) is 0 Å². The average molecular weight is 279 g/mol. The largest absolute Gasteiger partial charge is 0.478 e. The molecule has 0 amide bonds. The number of halogens is 1. The van der Waals surface area contributed by atoms with Gasteiger partial charge in [-0.15, -0.1) is 12.4 Å². The molecule has 1 heterocycles. The molecule has 2 aromatic rings. The summed E-state index contributed by atoms with van der Waals surface area (Å²) in [5.74, 6) is 0.695. The summed E-state index contributed by atoms with van der Waals surface area (Å²) >= 11 is 0. The van der Waals surface area contributed by atoms with Gasteiger partial charge in [-0.05, 0) is 24.6 Å². The summed E-state index contributed by atoms with van der Waals surface area (Å²) in [6.07, 6.45) is 2.71. The van der Waals surface area contributed by atoms with Gasteiger partial charge < -0.3 is 10.1 Å². The summed E-state index contributed by atoms with van der Waals surface area (Å²) in [6.45, 7) is 2.55. The minimum absolute atomic E-state index is 0. The first kappa shape index (κ1) is 15.5. The van der Waals surface area contributed by atoms with Gasteiger partial charge in [0.1, 0.15) is 0 Å². The van der Waals surface area contributed by atoms with Gasteiger partial charge in [0, 0.05) is 18.8 Å². The number of rotatable bonds is 7. The molecule has 3 nitrogen and oxygen atoms in total. The van der Waals surface area contributed by atoms with Crippen LogP contribution < -0.4 is 10.1 Å². The Morgan fingerprint density at radius 2 is 1.79 bits per heavy atom. The monoisotopic (exact) mass is 278 g/mol. The van der Waals surface area contributed by atoms with Crippen LogP contribution in [-0.2, 0) is 6.54 Å². The van der Waals surface area contributed by atoms with Crippen molar-refractivity contribution < 1.29 is 4.74 Å². The third-order valence-electron chi connectivity index (χ3n) is 2.56. The molecule has 1 aromatic heterocycles. The van der Waals surface area contributed by atoms with Gasteiger partial charge in [0.15, 0.2) is 0 Å². The van der Waals surface area contributed by atoms with E-state index < -0.39 is 0 Å². The zero-order valence-corrected chi connectivity index (χ0v) is 11.6. The molecule has 0 fully saturated rings. The lowest BCUT2D eigenvalue weighted by atomic mass is 10.2. The summed E-state index contributed by atoms with van der Waals surface area (Å²) in [5, 5.41) is 3.39. The standard InChI is InChI=1S/C15H18N2O.ClH/c1-2-7-14(8-3-1)13-16-10-6-12-18-15-9-4-5-11-17-15;/h1-5,7-9,11,16H,6,10,12-13H2;1H. The highest BCUT2D eigenvalue weighted by Gasteiger charge is 1.94. The van der Waals surface area contributed by atoms with Crippen LogP contribution in [0.5, 0.6) is 5.88 Å². The Kier molecular flexibility index (Phi) is 7.63. The van der Waals surface area contributed by atoms with Crippen molar-refractivity contribution in [2.75, 3.05) is 13.2 Å². The normalized spacial score (nSPS) is 9.68. The maximum Gasteiger partial charge on any atom is 0.213 e. The summed E-state index contributed by atoms with van der Waals surface area (Å²) in [7, 11) is 0. The van der Waals surface area contributed by atoms with E-state index in [1.807, 2.05) is 24.3 Å². The van der Waals surface area contributed by atoms with Crippen molar-refractivity contribution in [2.45, 2.75) is 13.0 Å². The number of nitrogens with zero attached hydrogens (tertiary/aromatic N) is 1. The zero-order chi connectivity index (χ0) is 12.5. The van der Waals surface area contributed by atoms with E-state index in [2.05, 4.69) is 34.6 Å². The molecular weight excluding hydrogens is 260 g/mol. The predicted molar refractivity (Wildman–Crippen MR) is 79.7 cm³/mol. The van der Waals surface area contributed by atoms with Crippen molar-refractivity contribution in [1.29, 1.82) is 0 Å². The van der Waals surface area contributed by atoms with Gasteiger partial charge in [-0.1, -0.05) is 36.4 Å². The molecule has 0 unspecified atom stereocenters. The molecule has 0 bridgehead atoms. The second kappa shape index (κ2) is 9.36. The fraction of sp³-hybridized carbons (Fsp3) is 0.267. The molecule has 0 aliphatic carbocycles. The average Bonchev–Trinajstić information content (AvgIpc) is 2.45. The molecule has 1 N–H and O–H groups in total. The number of aromatic nitrogens is 1. The number of hydrogen-bond acceptors (Lipinski definition) is 3. The molecule has 0 aliphatic heterocycles. The van der Waals surface area contributed by atoms with Crippen molar-refractivity contribution in [2.24, 2.45) is 0 Å². The molecule has 102 valence electrons. The van der Waals surface area contributed by atoms with Crippen LogP contribution >= 0.6 is 12.4 Å². The van der Waals surface area contributed by atoms with E-state index in [4.69, 9.17) is 4.74 Å². The van der Waals surface area contributed by atoms with Gasteiger partial charge in [-0.2, -0.15) is 0 Å². The maximum atomic E-state index is 5.51. The summed E-state index contributed by atoms with van der Waals surface area (Å²) in [4.78, 5) is 4.10. The Hall–Kier alpha value is -1.58. The third kappa shape index (κ3) is 6.22. The van der Waals surface area contributed by atoms with E-state index in [1.54, 1.807) is 6.20 Å². The highest BCUT2D eigenvalue weighted by molar-refractivity contribution is 5.85. The Morgan fingerprint density at radius 1 is 1.00 bits per heavy atom. The molecule has 4 heteroatoms. The van der Waals surface area contributed by atoms with Crippen LogP contribution in [0.15, 0.2) is 54.7 Å². The molecule has 0 saturated carbocycles. The summed E-state index contributed by atoms with van der Waals surface area (Å²) < 4.78 is 5.51. The van der Waals surface area contributed by atoms with Crippen molar-refractivity contribution in [3.8, 4) is 5.88 Å². The van der Waals surface area contributed by atoms with Crippen LogP contribution in [0.2, 0.25) is 0 Å². The molecule has 0 radical (unpaired) electrons. The smallest absolute Gasteiger partial charge is 0.213 e. The van der Waals surface area contributed by atoms with Crippen LogP contribution in [0, 0.1) is 0 Å². The number of pyridine rings is 1. The van der Waals surface area contributed by atoms with E-state index in [1.165, 1.54) is 5.56 Å². The second-order valence-corrected chi connectivity index (χ2v) is 4.03. The molecule has 2 rings (SSSR count). The van der Waals surface area contributed by atoms with Gasteiger partial charge in [0.2, 0.25) is 5.88 Å². The quantitative estimate of drug-likeness (QED) is 0.791. The molecule has 19 heavy (non-hydrogen) atoms. The zero-order valence-electron chi connectivity index (χ0n) is 10.8. The number of nitrogens with one attached hydrogen (secondary N) is 1. The van der Waals surface area contributed by atoms with E-state index >= 15 is 0 Å².